The van der Waals surface area contributed by atoms with Gasteiger partial charge in [-0.15, -0.1) is 0 Å². The highest BCUT2D eigenvalue weighted by Crippen LogP contribution is 2.35. The van der Waals surface area contributed by atoms with Crippen molar-refractivity contribution in [1.29, 1.82) is 0 Å². The van der Waals surface area contributed by atoms with Gasteiger partial charge in [-0.3, -0.25) is 4.79 Å². The van der Waals surface area contributed by atoms with Crippen molar-refractivity contribution in [2.45, 2.75) is 12.6 Å². The van der Waals surface area contributed by atoms with Crippen molar-refractivity contribution in [3.05, 3.63) is 89.0 Å². The van der Waals surface area contributed by atoms with E-state index in [1.807, 2.05) is 30.3 Å². The molecule has 10 heteroatoms. The average molecular weight is 477 g/mol. The Balaban J connectivity index is 1.99. The van der Waals surface area contributed by atoms with Crippen molar-refractivity contribution < 1.29 is 29.4 Å². The van der Waals surface area contributed by atoms with Gasteiger partial charge >= 0.3 is 0 Å². The third kappa shape index (κ3) is 5.99. The van der Waals surface area contributed by atoms with Gasteiger partial charge in [0.1, 0.15) is 6.04 Å². The molecular weight excluding hydrogens is 452 g/mol. The molecule has 0 aliphatic rings. The lowest BCUT2D eigenvalue weighted by Gasteiger charge is -2.23. The van der Waals surface area contributed by atoms with E-state index in [4.69, 9.17) is 20.4 Å². The normalized spacial score (nSPS) is 11.9. The standard InChI is InChI=1S/C25H26N4O6/c1-34-20-13-17(12-19(25(31)32)22(20)35-2)21(24(30)27-14-15-6-4-3-5-7-15)28-18-10-8-16(9-11-18)23(26)29-33/h3-13,21,28,33H,14H2,1-2H3,(H2,26,29)(H,27,30)(H,31,32)/p-1. The van der Waals surface area contributed by atoms with Crippen LogP contribution in [0.25, 0.3) is 0 Å². The molecule has 0 aliphatic carbocycles. The Morgan fingerprint density at radius 2 is 1.74 bits per heavy atom. The van der Waals surface area contributed by atoms with E-state index in [0.29, 0.717) is 16.8 Å². The van der Waals surface area contributed by atoms with Crippen molar-refractivity contribution >= 4 is 23.4 Å². The molecule has 1 amide bonds. The fourth-order valence-corrected chi connectivity index (χ4v) is 3.45. The lowest BCUT2D eigenvalue weighted by atomic mass is 10.0. The summed E-state index contributed by atoms with van der Waals surface area (Å²) in [5.74, 6) is -1.83. The van der Waals surface area contributed by atoms with Crippen LogP contribution in [-0.4, -0.2) is 37.1 Å². The second kappa shape index (κ2) is 11.4. The molecule has 0 bridgehead atoms. The van der Waals surface area contributed by atoms with E-state index in [1.54, 1.807) is 24.3 Å². The number of methoxy groups -OCH3 is 2. The molecule has 35 heavy (non-hydrogen) atoms. The molecular formula is C25H25N4O6-. The minimum Gasteiger partial charge on any atom is -0.545 e. The Labute approximate surface area is 202 Å². The van der Waals surface area contributed by atoms with Gasteiger partial charge in [0.2, 0.25) is 5.91 Å². The molecule has 10 nitrogen and oxygen atoms in total. The smallest absolute Gasteiger partial charge is 0.247 e. The summed E-state index contributed by atoms with van der Waals surface area (Å²) in [6.07, 6.45) is 0. The summed E-state index contributed by atoms with van der Waals surface area (Å²) in [5, 5.41) is 29.6. The number of amides is 1. The number of carboxylic acids is 1. The predicted octanol–water partition coefficient (Wildman–Crippen LogP) is 1.63. The Morgan fingerprint density at radius 3 is 2.31 bits per heavy atom. The number of carbonyl (C=O) groups is 2. The van der Waals surface area contributed by atoms with Crippen molar-refractivity contribution in [1.82, 2.24) is 5.32 Å². The molecule has 0 radical (unpaired) electrons. The van der Waals surface area contributed by atoms with Crippen LogP contribution in [0.15, 0.2) is 71.9 Å². The molecule has 0 fully saturated rings. The highest BCUT2D eigenvalue weighted by Gasteiger charge is 2.24. The molecule has 182 valence electrons. The topological polar surface area (TPSA) is 158 Å². The van der Waals surface area contributed by atoms with Crippen molar-refractivity contribution in [2.75, 3.05) is 19.5 Å². The number of amidine groups is 1. The van der Waals surface area contributed by atoms with E-state index in [2.05, 4.69) is 15.8 Å². The van der Waals surface area contributed by atoms with Crippen LogP contribution in [0.3, 0.4) is 0 Å². The summed E-state index contributed by atoms with van der Waals surface area (Å²) in [4.78, 5) is 25.1. The predicted molar refractivity (Wildman–Crippen MR) is 127 cm³/mol. The molecule has 1 unspecified atom stereocenters. The minimum atomic E-state index is -1.48. The van der Waals surface area contributed by atoms with E-state index >= 15 is 0 Å². The summed E-state index contributed by atoms with van der Waals surface area (Å²) in [6, 6.07) is 17.7. The van der Waals surface area contributed by atoms with E-state index in [9.17, 15) is 14.7 Å². The molecule has 1 atom stereocenters. The molecule has 3 aromatic rings. The Kier molecular flexibility index (Phi) is 8.12. The van der Waals surface area contributed by atoms with Crippen LogP contribution in [0, 0.1) is 0 Å². The monoisotopic (exact) mass is 477 g/mol. The SMILES string of the molecule is COc1cc(C(Nc2ccc(/C(N)=N\O)cc2)C(=O)NCc2ccccc2)cc(C(=O)[O-])c1OC. The van der Waals surface area contributed by atoms with Crippen molar-refractivity contribution in [2.24, 2.45) is 10.9 Å². The van der Waals surface area contributed by atoms with Crippen LogP contribution in [0.5, 0.6) is 11.5 Å². The van der Waals surface area contributed by atoms with Crippen LogP contribution in [0.1, 0.15) is 33.1 Å². The molecule has 3 aromatic carbocycles. The lowest BCUT2D eigenvalue weighted by Crippen LogP contribution is -2.33. The zero-order valence-electron chi connectivity index (χ0n) is 19.1. The molecule has 5 N–H and O–H groups in total. The summed E-state index contributed by atoms with van der Waals surface area (Å²) < 4.78 is 10.5. The Morgan fingerprint density at radius 1 is 1.06 bits per heavy atom. The first-order chi connectivity index (χ1) is 16.9. The number of nitrogens with two attached hydrogens (primary N) is 1. The van der Waals surface area contributed by atoms with Gasteiger partial charge in [0.25, 0.3) is 0 Å². The van der Waals surface area contributed by atoms with E-state index in [1.165, 1.54) is 26.4 Å². The number of anilines is 1. The van der Waals surface area contributed by atoms with E-state index in [0.717, 1.165) is 5.56 Å². The van der Waals surface area contributed by atoms with Gasteiger partial charge in [0.05, 0.1) is 20.2 Å². The van der Waals surface area contributed by atoms with Crippen molar-refractivity contribution in [3.8, 4) is 11.5 Å². The maximum Gasteiger partial charge on any atom is 0.247 e. The van der Waals surface area contributed by atoms with Crippen LogP contribution in [0.2, 0.25) is 0 Å². The highest BCUT2D eigenvalue weighted by molar-refractivity contribution is 5.97. The van der Waals surface area contributed by atoms with Gasteiger partial charge in [-0.25, -0.2) is 0 Å². The highest BCUT2D eigenvalue weighted by atomic mass is 16.5. The van der Waals surface area contributed by atoms with Crippen LogP contribution in [0.4, 0.5) is 5.69 Å². The van der Waals surface area contributed by atoms with Gasteiger partial charge < -0.3 is 40.9 Å². The zero-order valence-corrected chi connectivity index (χ0v) is 19.1. The second-order valence-corrected chi connectivity index (χ2v) is 7.43. The van der Waals surface area contributed by atoms with Gasteiger partial charge in [0, 0.05) is 23.4 Å². The van der Waals surface area contributed by atoms with Crippen LogP contribution < -0.4 is 30.9 Å². The molecule has 0 aliphatic heterocycles. The number of rotatable bonds is 10. The first-order valence-electron chi connectivity index (χ1n) is 10.5. The van der Waals surface area contributed by atoms with E-state index in [-0.39, 0.29) is 29.4 Å². The summed E-state index contributed by atoms with van der Waals surface area (Å²) in [6.45, 7) is 0.265. The summed E-state index contributed by atoms with van der Waals surface area (Å²) >= 11 is 0. The number of carboxylic acid groups (broad SMARTS) is 1. The lowest BCUT2D eigenvalue weighted by molar-refractivity contribution is -0.255. The average Bonchev–Trinajstić information content (AvgIpc) is 2.89. The maximum absolute atomic E-state index is 13.3. The quantitative estimate of drug-likeness (QED) is 0.148. The van der Waals surface area contributed by atoms with Crippen molar-refractivity contribution in [3.63, 3.8) is 0 Å². The molecule has 0 aromatic heterocycles. The van der Waals surface area contributed by atoms with Gasteiger partial charge in [0.15, 0.2) is 17.3 Å². The first-order valence-corrected chi connectivity index (χ1v) is 10.5. The first kappa shape index (κ1) is 24.9. The number of nitrogens with one attached hydrogen (secondary N) is 2. The minimum absolute atomic E-state index is 0.0113. The van der Waals surface area contributed by atoms with Gasteiger partial charge in [-0.1, -0.05) is 35.5 Å². The fraction of sp³-hybridized carbons (Fsp3) is 0.160. The number of hydrogen-bond donors (Lipinski definition) is 4. The number of hydrogen-bond acceptors (Lipinski definition) is 8. The third-order valence-electron chi connectivity index (χ3n) is 5.23. The van der Waals surface area contributed by atoms with Gasteiger partial charge in [-0.2, -0.15) is 0 Å². The second-order valence-electron chi connectivity index (χ2n) is 7.43. The van der Waals surface area contributed by atoms with Crippen LogP contribution >= 0.6 is 0 Å². The maximum atomic E-state index is 13.3. The Bertz CT molecular complexity index is 1210. The number of oxime groups is 1. The molecule has 0 saturated carbocycles. The molecule has 0 saturated heterocycles. The summed E-state index contributed by atoms with van der Waals surface area (Å²) in [7, 11) is 2.68. The number of benzene rings is 3. The zero-order chi connectivity index (χ0) is 25.4. The molecule has 0 heterocycles. The summed E-state index contributed by atoms with van der Waals surface area (Å²) in [5.41, 5.74) is 7.57. The fourth-order valence-electron chi connectivity index (χ4n) is 3.45. The number of aromatic carboxylic acids is 1. The number of carbonyl (C=O) groups excluding carboxylic acids is 2. The van der Waals surface area contributed by atoms with E-state index < -0.39 is 17.9 Å². The number of ether oxygens (including phenoxy) is 2. The third-order valence-corrected chi connectivity index (χ3v) is 5.23. The Hall–Kier alpha value is -4.73. The van der Waals surface area contributed by atoms with Gasteiger partial charge in [-0.05, 0) is 47.5 Å². The number of nitrogens with zero attached hydrogens (tertiary/aromatic N) is 1. The van der Waals surface area contributed by atoms with Crippen LogP contribution in [-0.2, 0) is 11.3 Å². The molecule has 0 spiro atoms. The largest absolute Gasteiger partial charge is 0.545 e. The molecule has 3 rings (SSSR count).